The number of nitrogens with one attached hydrogen (secondary N) is 1. The first-order valence-electron chi connectivity index (χ1n) is 8.37. The Morgan fingerprint density at radius 3 is 2.15 bits per heavy atom. The van der Waals surface area contributed by atoms with Crippen LogP contribution < -0.4 is 5.32 Å². The summed E-state index contributed by atoms with van der Waals surface area (Å²) in [5.41, 5.74) is -2.02. The van der Waals surface area contributed by atoms with Crippen molar-refractivity contribution in [1.82, 2.24) is 4.31 Å². The number of aryl methyl sites for hydroxylation is 1. The molecule has 0 aromatic heterocycles. The summed E-state index contributed by atoms with van der Waals surface area (Å²) in [6, 6.07) is 2.67. The van der Waals surface area contributed by atoms with Crippen molar-refractivity contribution in [3.05, 3.63) is 23.3 Å². The molecule has 0 aliphatic rings. The van der Waals surface area contributed by atoms with Gasteiger partial charge in [0.1, 0.15) is 0 Å². The Balaban J connectivity index is 3.24. The summed E-state index contributed by atoms with van der Waals surface area (Å²) in [5, 5.41) is 11.7. The van der Waals surface area contributed by atoms with E-state index in [0.717, 1.165) is 0 Å². The molecule has 0 unspecified atom stereocenters. The van der Waals surface area contributed by atoms with Gasteiger partial charge in [0.15, 0.2) is 5.60 Å². The SMILES string of the molecule is CCN(CC)S(=O)(=O)c1cc(C)c(C)c(NC(=O)C[C@](C)(O)C(F)(F)F)c1. The second-order valence-electron chi connectivity index (χ2n) is 6.50. The zero-order valence-electron chi connectivity index (χ0n) is 15.9. The molecule has 0 saturated heterocycles. The van der Waals surface area contributed by atoms with E-state index in [4.69, 9.17) is 0 Å². The van der Waals surface area contributed by atoms with E-state index in [9.17, 15) is 31.5 Å². The summed E-state index contributed by atoms with van der Waals surface area (Å²) in [4.78, 5) is 12.0. The molecule has 27 heavy (non-hydrogen) atoms. The molecule has 1 atom stereocenters. The monoisotopic (exact) mass is 410 g/mol. The maximum atomic E-state index is 12.7. The zero-order valence-corrected chi connectivity index (χ0v) is 16.8. The van der Waals surface area contributed by atoms with Crippen molar-refractivity contribution in [2.75, 3.05) is 18.4 Å². The molecule has 0 saturated carbocycles. The third-order valence-electron chi connectivity index (χ3n) is 4.37. The number of anilines is 1. The average Bonchev–Trinajstić information content (AvgIpc) is 2.50. The van der Waals surface area contributed by atoms with Crippen molar-refractivity contribution in [2.45, 2.75) is 57.7 Å². The molecule has 1 amide bonds. The molecule has 1 aromatic rings. The van der Waals surface area contributed by atoms with Crippen LogP contribution in [0.25, 0.3) is 0 Å². The fraction of sp³-hybridized carbons (Fsp3) is 0.588. The second kappa shape index (κ2) is 8.15. The van der Waals surface area contributed by atoms with Crippen LogP contribution >= 0.6 is 0 Å². The molecule has 6 nitrogen and oxygen atoms in total. The molecular weight excluding hydrogens is 385 g/mol. The van der Waals surface area contributed by atoms with Crippen LogP contribution in [0.2, 0.25) is 0 Å². The average molecular weight is 410 g/mol. The fourth-order valence-corrected chi connectivity index (χ4v) is 4.00. The molecule has 2 N–H and O–H groups in total. The normalized spacial score (nSPS) is 14.9. The van der Waals surface area contributed by atoms with Gasteiger partial charge in [-0.05, 0) is 44.0 Å². The number of amides is 1. The van der Waals surface area contributed by atoms with E-state index in [1.807, 2.05) is 0 Å². The van der Waals surface area contributed by atoms with Crippen molar-refractivity contribution < 1.29 is 31.5 Å². The minimum Gasteiger partial charge on any atom is -0.380 e. The summed E-state index contributed by atoms with van der Waals surface area (Å²) >= 11 is 0. The molecule has 1 aromatic carbocycles. The predicted molar refractivity (Wildman–Crippen MR) is 95.9 cm³/mol. The highest BCUT2D eigenvalue weighted by atomic mass is 32.2. The van der Waals surface area contributed by atoms with Crippen LogP contribution in [0.15, 0.2) is 17.0 Å². The van der Waals surface area contributed by atoms with Crippen LogP contribution in [-0.2, 0) is 14.8 Å². The van der Waals surface area contributed by atoms with Gasteiger partial charge in [0, 0.05) is 18.8 Å². The van der Waals surface area contributed by atoms with Gasteiger partial charge in [-0.15, -0.1) is 0 Å². The Morgan fingerprint density at radius 1 is 1.19 bits per heavy atom. The van der Waals surface area contributed by atoms with E-state index >= 15 is 0 Å². The quantitative estimate of drug-likeness (QED) is 0.724. The van der Waals surface area contributed by atoms with E-state index < -0.39 is 34.1 Å². The van der Waals surface area contributed by atoms with E-state index in [-0.39, 0.29) is 23.7 Å². The largest absolute Gasteiger partial charge is 0.417 e. The molecule has 0 heterocycles. The van der Waals surface area contributed by atoms with Gasteiger partial charge >= 0.3 is 6.18 Å². The van der Waals surface area contributed by atoms with Crippen molar-refractivity contribution in [3.8, 4) is 0 Å². The number of alkyl halides is 3. The summed E-state index contributed by atoms with van der Waals surface area (Å²) in [7, 11) is -3.80. The van der Waals surface area contributed by atoms with Gasteiger partial charge in [0.25, 0.3) is 0 Å². The van der Waals surface area contributed by atoms with Crippen molar-refractivity contribution >= 4 is 21.6 Å². The highest BCUT2D eigenvalue weighted by Crippen LogP contribution is 2.33. The van der Waals surface area contributed by atoms with Crippen molar-refractivity contribution in [1.29, 1.82) is 0 Å². The molecule has 0 aliphatic carbocycles. The van der Waals surface area contributed by atoms with Crippen LogP contribution in [0.5, 0.6) is 0 Å². The first kappa shape index (κ1) is 23.4. The van der Waals surface area contributed by atoms with Gasteiger partial charge in [-0.2, -0.15) is 17.5 Å². The molecular formula is C17H25F3N2O4S. The lowest BCUT2D eigenvalue weighted by molar-refractivity contribution is -0.252. The number of halogens is 3. The topological polar surface area (TPSA) is 86.7 Å². The minimum atomic E-state index is -4.97. The van der Waals surface area contributed by atoms with Crippen LogP contribution in [0.3, 0.4) is 0 Å². The number of carbonyl (C=O) groups is 1. The standard InChI is InChI=1S/C17H25F3N2O4S/c1-6-22(7-2)27(25,26)13-8-11(3)12(4)14(9-13)21-15(23)10-16(5,24)17(18,19)20/h8-9,24H,6-7,10H2,1-5H3,(H,21,23)/t16-/m0/s1. The Bertz CT molecular complexity index is 801. The number of nitrogens with zero attached hydrogens (tertiary/aromatic N) is 1. The molecule has 0 fully saturated rings. The summed E-state index contributed by atoms with van der Waals surface area (Å²) in [6.07, 6.45) is -6.18. The first-order valence-corrected chi connectivity index (χ1v) is 9.81. The lowest BCUT2D eigenvalue weighted by atomic mass is 10.0. The van der Waals surface area contributed by atoms with Crippen LogP contribution in [0.4, 0.5) is 18.9 Å². The van der Waals surface area contributed by atoms with E-state index in [0.29, 0.717) is 18.1 Å². The number of hydrogen-bond acceptors (Lipinski definition) is 4. The predicted octanol–water partition coefficient (Wildman–Crippen LogP) is 2.98. The third kappa shape index (κ3) is 5.20. The summed E-state index contributed by atoms with van der Waals surface area (Å²) in [5.74, 6) is -1.07. The molecule has 0 spiro atoms. The second-order valence-corrected chi connectivity index (χ2v) is 8.44. The van der Waals surface area contributed by atoms with Crippen LogP contribution in [0.1, 0.15) is 38.3 Å². The highest BCUT2D eigenvalue weighted by Gasteiger charge is 2.51. The smallest absolute Gasteiger partial charge is 0.380 e. The maximum Gasteiger partial charge on any atom is 0.417 e. The number of rotatable bonds is 7. The van der Waals surface area contributed by atoms with Gasteiger partial charge < -0.3 is 10.4 Å². The zero-order chi connectivity index (χ0) is 21.2. The van der Waals surface area contributed by atoms with Gasteiger partial charge in [0.2, 0.25) is 15.9 Å². The Labute approximate surface area is 157 Å². The third-order valence-corrected chi connectivity index (χ3v) is 6.40. The number of hydrogen-bond donors (Lipinski definition) is 2. The minimum absolute atomic E-state index is 0.0628. The van der Waals surface area contributed by atoms with Gasteiger partial charge in [0.05, 0.1) is 11.3 Å². The number of aliphatic hydroxyl groups is 1. The van der Waals surface area contributed by atoms with Crippen molar-refractivity contribution in [2.24, 2.45) is 0 Å². The molecule has 0 bridgehead atoms. The Morgan fingerprint density at radius 2 is 1.70 bits per heavy atom. The summed E-state index contributed by atoms with van der Waals surface area (Å²) < 4.78 is 64.8. The lowest BCUT2D eigenvalue weighted by Crippen LogP contribution is -2.44. The van der Waals surface area contributed by atoms with Gasteiger partial charge in [-0.1, -0.05) is 13.8 Å². The molecule has 1 rings (SSSR count). The lowest BCUT2D eigenvalue weighted by Gasteiger charge is -2.26. The van der Waals surface area contributed by atoms with Crippen LogP contribution in [-0.4, -0.2) is 48.6 Å². The Kier molecular flexibility index (Phi) is 7.06. The molecule has 0 radical (unpaired) electrons. The van der Waals surface area contributed by atoms with E-state index in [2.05, 4.69) is 5.32 Å². The van der Waals surface area contributed by atoms with E-state index in [1.165, 1.54) is 16.4 Å². The highest BCUT2D eigenvalue weighted by molar-refractivity contribution is 7.89. The number of carbonyl (C=O) groups excluding carboxylic acids is 1. The number of benzene rings is 1. The van der Waals surface area contributed by atoms with E-state index in [1.54, 1.807) is 27.7 Å². The fourth-order valence-electron chi connectivity index (χ4n) is 2.42. The van der Waals surface area contributed by atoms with Gasteiger partial charge in [-0.25, -0.2) is 8.42 Å². The first-order chi connectivity index (χ1) is 12.2. The number of sulfonamides is 1. The van der Waals surface area contributed by atoms with Crippen LogP contribution in [0, 0.1) is 13.8 Å². The van der Waals surface area contributed by atoms with Gasteiger partial charge in [-0.3, -0.25) is 4.79 Å². The maximum absolute atomic E-state index is 12.7. The van der Waals surface area contributed by atoms with Crippen molar-refractivity contribution in [3.63, 3.8) is 0 Å². The molecule has 154 valence electrons. The Hall–Kier alpha value is -1.65. The summed E-state index contributed by atoms with van der Waals surface area (Å²) in [6.45, 7) is 7.63. The molecule has 10 heteroatoms. The molecule has 0 aliphatic heterocycles.